The van der Waals surface area contributed by atoms with Crippen LogP contribution < -0.4 is 14.8 Å². The number of methoxy groups -OCH3 is 1. The number of rotatable bonds is 3. The molecule has 0 spiro atoms. The van der Waals surface area contributed by atoms with Crippen molar-refractivity contribution >= 4 is 40.8 Å². The highest BCUT2D eigenvalue weighted by molar-refractivity contribution is 6.58. The minimum Gasteiger partial charge on any atom is -0.508 e. The van der Waals surface area contributed by atoms with E-state index in [0.29, 0.717) is 53.6 Å². The minimum atomic E-state index is -0.521. The number of nitrogens with one attached hydrogen (secondary N) is 1. The zero-order valence-electron chi connectivity index (χ0n) is 19.7. The summed E-state index contributed by atoms with van der Waals surface area (Å²) in [4.78, 5) is 19.3. The fourth-order valence-electron chi connectivity index (χ4n) is 4.42. The summed E-state index contributed by atoms with van der Waals surface area (Å²) in [6.45, 7) is 1.11. The van der Waals surface area contributed by atoms with Gasteiger partial charge in [0, 0.05) is 43.2 Å². The van der Waals surface area contributed by atoms with E-state index in [2.05, 4.69) is 10.4 Å². The molecule has 3 aromatic rings. The van der Waals surface area contributed by atoms with E-state index >= 15 is 0 Å². The Morgan fingerprint density at radius 3 is 2.88 bits per heavy atom. The molecule has 9 nitrogen and oxygen atoms in total. The van der Waals surface area contributed by atoms with Gasteiger partial charge in [-0.3, -0.25) is 4.79 Å². The molecule has 1 aromatic carbocycles. The number of fused-ring (bicyclic) bond motifs is 5. The lowest BCUT2D eigenvalue weighted by Crippen LogP contribution is -2.41. The number of hydrogen-bond donors (Lipinski definition) is 1. The van der Waals surface area contributed by atoms with E-state index in [4.69, 9.17) is 19.2 Å². The minimum absolute atomic E-state index is 0.0856. The quantitative estimate of drug-likeness (QED) is 0.491. The Hall–Kier alpha value is -3.21. The van der Waals surface area contributed by atoms with Gasteiger partial charge in [-0.1, -0.05) is 0 Å². The van der Waals surface area contributed by atoms with Crippen LogP contribution in [0.5, 0.6) is 11.6 Å². The van der Waals surface area contributed by atoms with E-state index in [1.807, 2.05) is 29.6 Å². The molecule has 1 amide bonds. The number of aromatic nitrogens is 3. The standard InChI is InChI=1S/C21H25B3FN5O4/c1-32-16-7-14-10-33-19-17(34-21(22,23)24)9-30-18(28-19)15(8-27-30)11-4-12(25)6-13(5-11)26-2-3-29(14)20(16)31/h4-6,8-9,14,16,26H,2-3,7,10,22-24H2,1H3/t14?,16-/m1/s1. The van der Waals surface area contributed by atoms with E-state index in [-0.39, 0.29) is 24.4 Å². The van der Waals surface area contributed by atoms with Crippen LogP contribution in [0.15, 0.2) is 30.6 Å². The third-order valence-electron chi connectivity index (χ3n) is 5.92. The smallest absolute Gasteiger partial charge is 0.260 e. The Bertz CT molecular complexity index is 1250. The maximum atomic E-state index is 14.5. The van der Waals surface area contributed by atoms with Crippen LogP contribution in [0.3, 0.4) is 0 Å². The molecule has 174 valence electrons. The average Bonchev–Trinajstić information content (AvgIpc) is 3.30. The monoisotopic (exact) mass is 463 g/mol. The van der Waals surface area contributed by atoms with Crippen molar-refractivity contribution in [3.05, 3.63) is 36.4 Å². The highest BCUT2D eigenvalue weighted by Crippen LogP contribution is 2.33. The second kappa shape index (κ2) is 8.54. The van der Waals surface area contributed by atoms with Crippen molar-refractivity contribution in [2.45, 2.75) is 23.9 Å². The van der Waals surface area contributed by atoms with Crippen LogP contribution in [0.1, 0.15) is 6.42 Å². The number of hydrogen-bond acceptors (Lipinski definition) is 7. The molecule has 2 aliphatic heterocycles. The summed E-state index contributed by atoms with van der Waals surface area (Å²) in [7, 11) is 7.33. The van der Waals surface area contributed by atoms with Crippen molar-refractivity contribution in [2.75, 3.05) is 32.1 Å². The Morgan fingerprint density at radius 2 is 2.12 bits per heavy atom. The normalized spacial score (nSPS) is 20.5. The first-order chi connectivity index (χ1) is 16.2. The van der Waals surface area contributed by atoms with E-state index in [1.165, 1.54) is 19.2 Å². The molecule has 0 aliphatic carbocycles. The van der Waals surface area contributed by atoms with Crippen molar-refractivity contribution in [3.63, 3.8) is 0 Å². The maximum absolute atomic E-state index is 14.5. The molecular formula is C21H25B3FN5O4. The Balaban J connectivity index is 1.63. The van der Waals surface area contributed by atoms with Crippen LogP contribution in [0.4, 0.5) is 10.1 Å². The highest BCUT2D eigenvalue weighted by atomic mass is 19.1. The fourth-order valence-corrected chi connectivity index (χ4v) is 4.42. The Morgan fingerprint density at radius 1 is 1.29 bits per heavy atom. The van der Waals surface area contributed by atoms with Gasteiger partial charge in [-0.2, -0.15) is 10.1 Å². The van der Waals surface area contributed by atoms with E-state index in [0.717, 1.165) is 0 Å². The maximum Gasteiger partial charge on any atom is 0.260 e. The van der Waals surface area contributed by atoms with Gasteiger partial charge in [-0.15, -0.1) is 0 Å². The lowest BCUT2D eigenvalue weighted by atomic mass is 9.52. The van der Waals surface area contributed by atoms with Gasteiger partial charge in [0.25, 0.3) is 11.8 Å². The fraction of sp³-hybridized carbons (Fsp3) is 0.381. The van der Waals surface area contributed by atoms with Crippen LogP contribution in [0.25, 0.3) is 16.8 Å². The summed E-state index contributed by atoms with van der Waals surface area (Å²) in [6.07, 6.45) is 3.35. The number of carbonyl (C=O) groups is 1. The molecule has 1 fully saturated rings. The Kier molecular flexibility index (Phi) is 5.67. The molecule has 1 N–H and O–H groups in total. The van der Waals surface area contributed by atoms with Crippen LogP contribution in [0.2, 0.25) is 0 Å². The van der Waals surface area contributed by atoms with E-state index < -0.39 is 11.4 Å². The first kappa shape index (κ1) is 22.6. The zero-order chi connectivity index (χ0) is 24.0. The van der Waals surface area contributed by atoms with Gasteiger partial charge in [0.2, 0.25) is 0 Å². The molecule has 2 atom stereocenters. The summed E-state index contributed by atoms with van der Waals surface area (Å²) in [5.74, 6) is 0.259. The third-order valence-corrected chi connectivity index (χ3v) is 5.92. The number of benzene rings is 1. The second-order valence-corrected chi connectivity index (χ2v) is 9.56. The van der Waals surface area contributed by atoms with Crippen molar-refractivity contribution in [1.29, 1.82) is 0 Å². The van der Waals surface area contributed by atoms with E-state index in [9.17, 15) is 9.18 Å². The largest absolute Gasteiger partial charge is 0.508 e. The molecule has 4 bridgehead atoms. The number of amides is 1. The van der Waals surface area contributed by atoms with Gasteiger partial charge in [-0.05, 0) is 23.8 Å². The molecule has 13 heteroatoms. The highest BCUT2D eigenvalue weighted by Gasteiger charge is 2.40. The van der Waals surface area contributed by atoms with Crippen molar-refractivity contribution in [3.8, 4) is 22.8 Å². The molecule has 0 radical (unpaired) electrons. The number of halogens is 1. The van der Waals surface area contributed by atoms with Gasteiger partial charge in [0.15, 0.2) is 11.4 Å². The number of nitrogens with zero attached hydrogens (tertiary/aromatic N) is 4. The first-order valence-electron chi connectivity index (χ1n) is 11.3. The van der Waals surface area contributed by atoms with Crippen molar-refractivity contribution in [2.24, 2.45) is 0 Å². The number of carbonyl (C=O) groups excluding carboxylic acids is 1. The molecule has 2 aromatic heterocycles. The zero-order valence-corrected chi connectivity index (χ0v) is 19.7. The van der Waals surface area contributed by atoms with Gasteiger partial charge in [0.1, 0.15) is 42.1 Å². The predicted octanol–water partition coefficient (Wildman–Crippen LogP) is -1.15. The SMILES string of the molecule is BC(B)(B)Oc1cn2ncc3c2nc1OCC1C[C@@H](OC)C(=O)N1CCNc1cc(F)cc-3c1. The molecule has 1 unspecified atom stereocenters. The molecule has 34 heavy (non-hydrogen) atoms. The van der Waals surface area contributed by atoms with Gasteiger partial charge >= 0.3 is 0 Å². The van der Waals surface area contributed by atoms with Gasteiger partial charge in [0.05, 0.1) is 18.4 Å². The van der Waals surface area contributed by atoms with Crippen LogP contribution in [-0.4, -0.2) is 93.2 Å². The Labute approximate surface area is 199 Å². The summed E-state index contributed by atoms with van der Waals surface area (Å²) in [5.41, 5.74) is 2.43. The lowest BCUT2D eigenvalue weighted by molar-refractivity contribution is -0.136. The topological polar surface area (TPSA) is 90.2 Å². The molecule has 4 heterocycles. The molecule has 2 aliphatic rings. The van der Waals surface area contributed by atoms with Crippen molar-refractivity contribution in [1.82, 2.24) is 19.5 Å². The molecule has 1 saturated heterocycles. The molecule has 5 rings (SSSR count). The number of ether oxygens (including phenoxy) is 3. The molecule has 0 saturated carbocycles. The molecular weight excluding hydrogens is 438 g/mol. The third kappa shape index (κ3) is 4.32. The summed E-state index contributed by atoms with van der Waals surface area (Å²) >= 11 is 0. The van der Waals surface area contributed by atoms with Crippen LogP contribution in [0, 0.1) is 5.82 Å². The summed E-state index contributed by atoms with van der Waals surface area (Å²) in [5, 5.41) is 7.15. The van der Waals surface area contributed by atoms with E-state index in [1.54, 1.807) is 21.8 Å². The van der Waals surface area contributed by atoms with Crippen LogP contribution >= 0.6 is 0 Å². The van der Waals surface area contributed by atoms with Crippen LogP contribution in [-0.2, 0) is 9.53 Å². The number of anilines is 1. The predicted molar refractivity (Wildman–Crippen MR) is 132 cm³/mol. The summed E-state index contributed by atoms with van der Waals surface area (Å²) in [6, 6.07) is 4.52. The van der Waals surface area contributed by atoms with Gasteiger partial charge < -0.3 is 24.4 Å². The van der Waals surface area contributed by atoms with Gasteiger partial charge in [-0.25, -0.2) is 8.91 Å². The summed E-state index contributed by atoms with van der Waals surface area (Å²) < 4.78 is 33.8. The lowest BCUT2D eigenvalue weighted by Gasteiger charge is -2.26. The second-order valence-electron chi connectivity index (χ2n) is 9.56. The van der Waals surface area contributed by atoms with Crippen molar-refractivity contribution < 1.29 is 23.4 Å². The average molecular weight is 463 g/mol. The first-order valence-corrected chi connectivity index (χ1v) is 11.3.